The van der Waals surface area contributed by atoms with Crippen LogP contribution in [-0.4, -0.2) is 37.4 Å². The zero-order valence-electron chi connectivity index (χ0n) is 14.3. The Bertz CT molecular complexity index is 544. The van der Waals surface area contributed by atoms with E-state index < -0.39 is 17.9 Å². The van der Waals surface area contributed by atoms with Crippen LogP contribution >= 0.6 is 24.8 Å². The van der Waals surface area contributed by atoms with Crippen molar-refractivity contribution in [1.29, 1.82) is 0 Å². The third-order valence-corrected chi connectivity index (χ3v) is 3.83. The second-order valence-electron chi connectivity index (χ2n) is 6.79. The standard InChI is InChI=1S/C16H22F4N2O.2ClH/c1-15(2,3)14(22-8-6-21-7-9-22)11-4-5-13(12(17)10-11)23-16(18,19)20;;/h4-5,10,14,21H,6-9H2,1-3H3;2*1H/t14-;;/m1../s1. The predicted octanol–water partition coefficient (Wildman–Crippen LogP) is 4.56. The number of rotatable bonds is 3. The molecule has 1 saturated heterocycles. The van der Waals surface area contributed by atoms with Gasteiger partial charge in [0, 0.05) is 32.2 Å². The lowest BCUT2D eigenvalue weighted by Gasteiger charge is -2.42. The Hall–Kier alpha value is -0.760. The van der Waals surface area contributed by atoms with E-state index in [2.05, 4.69) is 15.0 Å². The number of alkyl halides is 3. The van der Waals surface area contributed by atoms with Crippen LogP contribution in [0.5, 0.6) is 5.75 Å². The lowest BCUT2D eigenvalue weighted by atomic mass is 9.81. The second-order valence-corrected chi connectivity index (χ2v) is 6.79. The fraction of sp³-hybridized carbons (Fsp3) is 0.625. The van der Waals surface area contributed by atoms with Gasteiger partial charge in [-0.15, -0.1) is 38.0 Å². The summed E-state index contributed by atoms with van der Waals surface area (Å²) in [7, 11) is 0. The molecule has 0 radical (unpaired) electrons. The average Bonchev–Trinajstić information content (AvgIpc) is 2.40. The topological polar surface area (TPSA) is 24.5 Å². The fourth-order valence-electron chi connectivity index (χ4n) is 3.09. The van der Waals surface area contributed by atoms with Crippen molar-refractivity contribution in [3.8, 4) is 5.75 Å². The maximum absolute atomic E-state index is 14.0. The summed E-state index contributed by atoms with van der Waals surface area (Å²) in [5.41, 5.74) is 0.474. The van der Waals surface area contributed by atoms with Crippen molar-refractivity contribution in [2.75, 3.05) is 26.2 Å². The summed E-state index contributed by atoms with van der Waals surface area (Å²) in [5, 5.41) is 3.26. The SMILES string of the molecule is CC(C)(C)[C@@H](c1ccc(OC(F)(F)F)c(F)c1)N1CCNCC1.Cl.Cl. The highest BCUT2D eigenvalue weighted by atomic mass is 35.5. The van der Waals surface area contributed by atoms with Gasteiger partial charge in [-0.2, -0.15) is 0 Å². The van der Waals surface area contributed by atoms with E-state index in [1.165, 1.54) is 6.07 Å². The predicted molar refractivity (Wildman–Crippen MR) is 94.2 cm³/mol. The largest absolute Gasteiger partial charge is 0.573 e. The summed E-state index contributed by atoms with van der Waals surface area (Å²) in [4.78, 5) is 2.23. The van der Waals surface area contributed by atoms with Crippen molar-refractivity contribution >= 4 is 24.8 Å². The summed E-state index contributed by atoms with van der Waals surface area (Å²) in [6.07, 6.45) is -4.90. The van der Waals surface area contributed by atoms with Crippen LogP contribution in [0.4, 0.5) is 17.6 Å². The number of ether oxygens (including phenoxy) is 1. The van der Waals surface area contributed by atoms with Gasteiger partial charge in [-0.05, 0) is 23.1 Å². The molecule has 9 heteroatoms. The zero-order valence-corrected chi connectivity index (χ0v) is 16.0. The monoisotopic (exact) mass is 406 g/mol. The van der Waals surface area contributed by atoms with Crippen LogP contribution in [0.15, 0.2) is 18.2 Å². The van der Waals surface area contributed by atoms with E-state index >= 15 is 0 Å². The summed E-state index contributed by atoms with van der Waals surface area (Å²) in [6, 6.07) is 3.64. The minimum atomic E-state index is -4.90. The number of piperazine rings is 1. The molecule has 1 N–H and O–H groups in total. The van der Waals surface area contributed by atoms with E-state index in [1.807, 2.05) is 20.8 Å². The van der Waals surface area contributed by atoms with Crippen molar-refractivity contribution in [1.82, 2.24) is 10.2 Å². The molecule has 0 amide bonds. The van der Waals surface area contributed by atoms with E-state index in [0.29, 0.717) is 5.56 Å². The molecule has 0 spiro atoms. The van der Waals surface area contributed by atoms with E-state index in [-0.39, 0.29) is 36.3 Å². The first-order valence-corrected chi connectivity index (χ1v) is 7.58. The molecule has 1 aliphatic heterocycles. The number of hydrogen-bond acceptors (Lipinski definition) is 3. The highest BCUT2D eigenvalue weighted by Crippen LogP contribution is 2.39. The third-order valence-electron chi connectivity index (χ3n) is 3.83. The smallest absolute Gasteiger partial charge is 0.403 e. The van der Waals surface area contributed by atoms with Crippen molar-refractivity contribution in [3.05, 3.63) is 29.6 Å². The van der Waals surface area contributed by atoms with E-state index in [4.69, 9.17) is 0 Å². The van der Waals surface area contributed by atoms with Gasteiger partial charge in [0.2, 0.25) is 0 Å². The van der Waals surface area contributed by atoms with Gasteiger partial charge in [-0.25, -0.2) is 4.39 Å². The molecule has 0 aliphatic carbocycles. The Morgan fingerprint density at radius 1 is 1.08 bits per heavy atom. The first-order valence-electron chi connectivity index (χ1n) is 7.58. The van der Waals surface area contributed by atoms with Gasteiger partial charge < -0.3 is 10.1 Å². The van der Waals surface area contributed by atoms with Crippen LogP contribution in [0.3, 0.4) is 0 Å². The molecule has 146 valence electrons. The van der Waals surface area contributed by atoms with Crippen molar-refractivity contribution < 1.29 is 22.3 Å². The summed E-state index contributed by atoms with van der Waals surface area (Å²) in [5.74, 6) is -1.79. The molecule has 0 bridgehead atoms. The molecule has 1 aromatic carbocycles. The normalized spacial score (nSPS) is 17.2. The molecular formula is C16H24Cl2F4N2O. The Kier molecular flexibility index (Phi) is 8.97. The fourth-order valence-corrected chi connectivity index (χ4v) is 3.09. The Labute approximate surface area is 157 Å². The molecule has 1 fully saturated rings. The maximum atomic E-state index is 14.0. The molecule has 1 heterocycles. The van der Waals surface area contributed by atoms with E-state index in [0.717, 1.165) is 38.3 Å². The Morgan fingerprint density at radius 2 is 1.64 bits per heavy atom. The van der Waals surface area contributed by atoms with Crippen LogP contribution in [0.2, 0.25) is 0 Å². The van der Waals surface area contributed by atoms with Gasteiger partial charge in [0.15, 0.2) is 11.6 Å². The second kappa shape index (κ2) is 9.26. The van der Waals surface area contributed by atoms with Crippen LogP contribution in [-0.2, 0) is 0 Å². The van der Waals surface area contributed by atoms with Gasteiger partial charge in [-0.3, -0.25) is 4.90 Å². The minimum absolute atomic E-state index is 0. The van der Waals surface area contributed by atoms with Crippen LogP contribution in [0, 0.1) is 11.2 Å². The summed E-state index contributed by atoms with van der Waals surface area (Å²) >= 11 is 0. The maximum Gasteiger partial charge on any atom is 0.573 e. The first-order chi connectivity index (χ1) is 10.6. The van der Waals surface area contributed by atoms with E-state index in [1.54, 1.807) is 0 Å². The molecule has 1 aliphatic rings. The number of nitrogens with one attached hydrogen (secondary N) is 1. The van der Waals surface area contributed by atoms with Crippen molar-refractivity contribution in [2.24, 2.45) is 5.41 Å². The number of benzene rings is 1. The molecule has 3 nitrogen and oxygen atoms in total. The summed E-state index contributed by atoms with van der Waals surface area (Å²) in [6.45, 7) is 9.41. The van der Waals surface area contributed by atoms with Gasteiger partial charge >= 0.3 is 6.36 Å². The van der Waals surface area contributed by atoms with Gasteiger partial charge in [0.05, 0.1) is 0 Å². The Balaban J connectivity index is 0.00000288. The summed E-state index contributed by atoms with van der Waals surface area (Å²) < 4.78 is 54.5. The molecule has 2 rings (SSSR count). The van der Waals surface area contributed by atoms with Crippen LogP contribution < -0.4 is 10.1 Å². The van der Waals surface area contributed by atoms with Gasteiger partial charge in [0.1, 0.15) is 0 Å². The lowest BCUT2D eigenvalue weighted by molar-refractivity contribution is -0.275. The minimum Gasteiger partial charge on any atom is -0.403 e. The molecule has 1 atom stereocenters. The van der Waals surface area contributed by atoms with Crippen molar-refractivity contribution in [3.63, 3.8) is 0 Å². The molecule has 0 unspecified atom stereocenters. The first kappa shape index (κ1) is 24.2. The van der Waals surface area contributed by atoms with Crippen molar-refractivity contribution in [2.45, 2.75) is 33.2 Å². The Morgan fingerprint density at radius 3 is 2.08 bits per heavy atom. The highest BCUT2D eigenvalue weighted by Gasteiger charge is 2.35. The lowest BCUT2D eigenvalue weighted by Crippen LogP contribution is -2.48. The molecule has 0 saturated carbocycles. The zero-order chi connectivity index (χ0) is 17.3. The molecule has 1 aromatic rings. The highest BCUT2D eigenvalue weighted by molar-refractivity contribution is 5.85. The van der Waals surface area contributed by atoms with Crippen LogP contribution in [0.25, 0.3) is 0 Å². The number of halogens is 6. The number of nitrogens with zero attached hydrogens (tertiary/aromatic N) is 1. The van der Waals surface area contributed by atoms with Crippen LogP contribution in [0.1, 0.15) is 32.4 Å². The number of hydrogen-bond donors (Lipinski definition) is 1. The van der Waals surface area contributed by atoms with E-state index in [9.17, 15) is 17.6 Å². The average molecular weight is 407 g/mol. The molecular weight excluding hydrogens is 383 g/mol. The van der Waals surface area contributed by atoms with Gasteiger partial charge in [-0.1, -0.05) is 26.8 Å². The third kappa shape index (κ3) is 6.81. The molecule has 25 heavy (non-hydrogen) atoms. The van der Waals surface area contributed by atoms with Gasteiger partial charge in [0.25, 0.3) is 0 Å². The molecule has 0 aromatic heterocycles. The quantitative estimate of drug-likeness (QED) is 0.744.